The van der Waals surface area contributed by atoms with Gasteiger partial charge in [-0.1, -0.05) is 0 Å². The van der Waals surface area contributed by atoms with E-state index in [0.29, 0.717) is 53.9 Å². The van der Waals surface area contributed by atoms with Crippen LogP contribution in [0.15, 0.2) is 18.2 Å². The minimum atomic E-state index is -0.392. The van der Waals surface area contributed by atoms with Crippen molar-refractivity contribution in [3.05, 3.63) is 34.2 Å². The molecule has 0 atom stereocenters. The van der Waals surface area contributed by atoms with E-state index < -0.39 is 6.09 Å². The van der Waals surface area contributed by atoms with Crippen molar-refractivity contribution in [2.45, 2.75) is 26.8 Å². The number of hydrogen-bond acceptors (Lipinski definition) is 7. The van der Waals surface area contributed by atoms with Crippen molar-refractivity contribution in [2.75, 3.05) is 38.0 Å². The average Bonchev–Trinajstić information content (AvgIpc) is 3.10. The molecule has 2 aromatic rings. The lowest BCUT2D eigenvalue weighted by Crippen LogP contribution is -2.36. The van der Waals surface area contributed by atoms with Crippen molar-refractivity contribution in [3.8, 4) is 11.5 Å². The van der Waals surface area contributed by atoms with Crippen molar-refractivity contribution in [1.82, 2.24) is 4.90 Å². The van der Waals surface area contributed by atoms with Gasteiger partial charge in [-0.15, -0.1) is 11.3 Å². The molecule has 0 fully saturated rings. The smallest absolute Gasteiger partial charge is 0.410 e. The molecule has 1 aliphatic rings. The van der Waals surface area contributed by atoms with Crippen LogP contribution in [0.25, 0.3) is 0 Å². The van der Waals surface area contributed by atoms with Gasteiger partial charge in [0.2, 0.25) is 5.91 Å². The van der Waals surface area contributed by atoms with Crippen LogP contribution in [0, 0.1) is 0 Å². The highest BCUT2D eigenvalue weighted by molar-refractivity contribution is 7.17. The van der Waals surface area contributed by atoms with Crippen LogP contribution in [0.2, 0.25) is 0 Å². The van der Waals surface area contributed by atoms with Crippen molar-refractivity contribution in [2.24, 2.45) is 0 Å². The van der Waals surface area contributed by atoms with Crippen LogP contribution in [0.5, 0.6) is 11.5 Å². The zero-order valence-corrected chi connectivity index (χ0v) is 18.7. The Morgan fingerprint density at radius 3 is 2.58 bits per heavy atom. The van der Waals surface area contributed by atoms with Gasteiger partial charge in [-0.25, -0.2) is 4.79 Å². The summed E-state index contributed by atoms with van der Waals surface area (Å²) in [6, 6.07) is 5.08. The number of nitrogens with zero attached hydrogens (tertiary/aromatic N) is 1. The van der Waals surface area contributed by atoms with Gasteiger partial charge in [0.1, 0.15) is 16.5 Å². The van der Waals surface area contributed by atoms with Crippen LogP contribution in [-0.2, 0) is 22.5 Å². The molecule has 0 bridgehead atoms. The third-order valence-corrected chi connectivity index (χ3v) is 5.89. The molecule has 2 N–H and O–H groups in total. The number of benzene rings is 1. The molecular weight excluding hydrogens is 422 g/mol. The van der Waals surface area contributed by atoms with Crippen LogP contribution < -0.4 is 20.1 Å². The van der Waals surface area contributed by atoms with Gasteiger partial charge in [-0.05, 0) is 31.0 Å². The maximum absolute atomic E-state index is 13.2. The molecule has 0 saturated carbocycles. The highest BCUT2D eigenvalue weighted by atomic mass is 32.1. The average molecular weight is 448 g/mol. The Bertz CT molecular complexity index is 1000. The van der Waals surface area contributed by atoms with Crippen molar-refractivity contribution >= 4 is 39.9 Å². The molecule has 31 heavy (non-hydrogen) atoms. The Balaban J connectivity index is 1.92. The first-order valence-corrected chi connectivity index (χ1v) is 10.6. The quantitative estimate of drug-likeness (QED) is 0.702. The van der Waals surface area contributed by atoms with Crippen molar-refractivity contribution in [3.63, 3.8) is 0 Å². The molecule has 3 amide bonds. The van der Waals surface area contributed by atoms with Gasteiger partial charge in [-0.2, -0.15) is 0 Å². The number of nitrogens with one attached hydrogen (secondary N) is 2. The Labute approximate surface area is 184 Å². The van der Waals surface area contributed by atoms with Crippen LogP contribution in [0.1, 0.15) is 34.6 Å². The van der Waals surface area contributed by atoms with Crippen LogP contribution >= 0.6 is 11.3 Å². The van der Waals surface area contributed by atoms with E-state index in [1.807, 2.05) is 0 Å². The summed E-state index contributed by atoms with van der Waals surface area (Å²) in [7, 11) is 3.05. The zero-order valence-electron chi connectivity index (χ0n) is 17.9. The lowest BCUT2D eigenvalue weighted by atomic mass is 10.0. The Kier molecular flexibility index (Phi) is 7.01. The molecule has 2 heterocycles. The molecule has 1 aromatic heterocycles. The molecule has 1 aromatic carbocycles. The Morgan fingerprint density at radius 1 is 1.16 bits per heavy atom. The molecule has 166 valence electrons. The van der Waals surface area contributed by atoms with Crippen molar-refractivity contribution in [1.29, 1.82) is 0 Å². The van der Waals surface area contributed by atoms with E-state index in [0.717, 1.165) is 10.4 Å². The second-order valence-electron chi connectivity index (χ2n) is 6.78. The SMILES string of the molecule is CCOC(=O)N1CCc2c(sc(NC(C)=O)c2C(=O)Nc2ccc(OC)cc2OC)C1. The van der Waals surface area contributed by atoms with E-state index in [1.165, 1.54) is 25.4 Å². The largest absolute Gasteiger partial charge is 0.497 e. The lowest BCUT2D eigenvalue weighted by molar-refractivity contribution is -0.114. The lowest BCUT2D eigenvalue weighted by Gasteiger charge is -2.26. The fraction of sp³-hybridized carbons (Fsp3) is 0.381. The van der Waals surface area contributed by atoms with E-state index in [2.05, 4.69) is 10.6 Å². The third-order valence-electron chi connectivity index (χ3n) is 4.76. The number of rotatable bonds is 6. The summed E-state index contributed by atoms with van der Waals surface area (Å²) in [5.74, 6) is 0.401. The molecule has 0 spiro atoms. The van der Waals surface area contributed by atoms with Gasteiger partial charge in [0.05, 0.1) is 38.6 Å². The van der Waals surface area contributed by atoms with Gasteiger partial charge >= 0.3 is 6.09 Å². The second kappa shape index (κ2) is 9.69. The normalized spacial score (nSPS) is 12.6. The Morgan fingerprint density at radius 2 is 1.94 bits per heavy atom. The van der Waals surface area contributed by atoms with E-state index in [1.54, 1.807) is 37.1 Å². The van der Waals surface area contributed by atoms with Gasteiger partial charge < -0.3 is 29.7 Å². The Hall–Kier alpha value is -3.27. The fourth-order valence-electron chi connectivity index (χ4n) is 3.35. The monoisotopic (exact) mass is 447 g/mol. The molecule has 1 aliphatic heterocycles. The second-order valence-corrected chi connectivity index (χ2v) is 7.89. The topological polar surface area (TPSA) is 106 Å². The number of carbonyl (C=O) groups excluding carboxylic acids is 3. The molecule has 0 unspecified atom stereocenters. The van der Waals surface area contributed by atoms with Crippen LogP contribution in [0.3, 0.4) is 0 Å². The summed E-state index contributed by atoms with van der Waals surface area (Å²) in [5, 5.41) is 6.06. The zero-order chi connectivity index (χ0) is 22.5. The summed E-state index contributed by atoms with van der Waals surface area (Å²) < 4.78 is 15.6. The van der Waals surface area contributed by atoms with E-state index in [9.17, 15) is 14.4 Å². The number of carbonyl (C=O) groups is 3. The number of thiophene rings is 1. The number of methoxy groups -OCH3 is 2. The van der Waals surface area contributed by atoms with Gasteiger partial charge in [0, 0.05) is 24.4 Å². The predicted octanol–water partition coefficient (Wildman–Crippen LogP) is 3.49. The van der Waals surface area contributed by atoms with E-state index in [4.69, 9.17) is 14.2 Å². The highest BCUT2D eigenvalue weighted by Crippen LogP contribution is 2.38. The number of ether oxygens (including phenoxy) is 3. The molecule has 0 aliphatic carbocycles. The van der Waals surface area contributed by atoms with E-state index in [-0.39, 0.29) is 11.8 Å². The fourth-order valence-corrected chi connectivity index (χ4v) is 4.66. The molecule has 3 rings (SSSR count). The molecule has 0 radical (unpaired) electrons. The van der Waals surface area contributed by atoms with Gasteiger partial charge in [-0.3, -0.25) is 9.59 Å². The van der Waals surface area contributed by atoms with Crippen LogP contribution in [0.4, 0.5) is 15.5 Å². The summed E-state index contributed by atoms with van der Waals surface area (Å²) >= 11 is 1.29. The number of amides is 3. The maximum Gasteiger partial charge on any atom is 0.410 e. The van der Waals surface area contributed by atoms with Gasteiger partial charge in [0.15, 0.2) is 0 Å². The van der Waals surface area contributed by atoms with Crippen molar-refractivity contribution < 1.29 is 28.6 Å². The number of hydrogen-bond donors (Lipinski definition) is 2. The third kappa shape index (κ3) is 4.91. The molecule has 9 nitrogen and oxygen atoms in total. The molecule has 10 heteroatoms. The number of fused-ring (bicyclic) bond motifs is 1. The first kappa shape index (κ1) is 22.4. The maximum atomic E-state index is 13.2. The summed E-state index contributed by atoms with van der Waals surface area (Å²) in [5.41, 5.74) is 1.70. The van der Waals surface area contributed by atoms with E-state index >= 15 is 0 Å². The summed E-state index contributed by atoms with van der Waals surface area (Å²) in [6.45, 7) is 4.18. The predicted molar refractivity (Wildman–Crippen MR) is 117 cm³/mol. The summed E-state index contributed by atoms with van der Waals surface area (Å²) in [4.78, 5) is 39.5. The highest BCUT2D eigenvalue weighted by Gasteiger charge is 2.31. The van der Waals surface area contributed by atoms with Gasteiger partial charge in [0.25, 0.3) is 5.91 Å². The number of anilines is 2. The standard InChI is InChI=1S/C21H25N3O6S/c1-5-30-21(27)24-9-8-14-17(11-24)31-20(22-12(2)25)18(14)19(26)23-15-7-6-13(28-3)10-16(15)29-4/h6-7,10H,5,8-9,11H2,1-4H3,(H,22,25)(H,23,26). The molecular formula is C21H25N3O6S. The van der Waals surface area contributed by atoms with Crippen LogP contribution in [-0.4, -0.2) is 50.2 Å². The minimum absolute atomic E-state index is 0.281. The first-order valence-electron chi connectivity index (χ1n) is 9.75. The molecule has 0 saturated heterocycles. The summed E-state index contributed by atoms with van der Waals surface area (Å²) in [6.07, 6.45) is 0.0869. The minimum Gasteiger partial charge on any atom is -0.497 e. The first-order chi connectivity index (χ1) is 14.9.